The van der Waals surface area contributed by atoms with Crippen LogP contribution in [0.5, 0.6) is 0 Å². The van der Waals surface area contributed by atoms with Crippen LogP contribution in [-0.2, 0) is 4.74 Å². The van der Waals surface area contributed by atoms with Crippen molar-refractivity contribution < 1.29 is 14.0 Å². The Morgan fingerprint density at radius 3 is 2.41 bits per heavy atom. The maximum Gasteiger partial charge on any atom is 0.338 e. The number of hydrogen-bond donors (Lipinski definition) is 3. The van der Waals surface area contributed by atoms with Gasteiger partial charge in [0.2, 0.25) is 0 Å². The van der Waals surface area contributed by atoms with Crippen LogP contribution in [0, 0.1) is 0 Å². The Morgan fingerprint density at radius 2 is 1.74 bits per heavy atom. The predicted molar refractivity (Wildman–Crippen MR) is 113 cm³/mol. The molecule has 1 aromatic carbocycles. The van der Waals surface area contributed by atoms with Crippen LogP contribution in [0.2, 0.25) is 0 Å². The Bertz CT molecular complexity index is 517. The largest absolute Gasteiger partial charge is 0.456 e. The Balaban J connectivity index is 2.24. The maximum absolute atomic E-state index is 12.2. The lowest BCUT2D eigenvalue weighted by molar-refractivity contribution is -0.890. The first-order valence-corrected chi connectivity index (χ1v) is 10.2. The smallest absolute Gasteiger partial charge is 0.338 e. The van der Waals surface area contributed by atoms with E-state index in [0.29, 0.717) is 12.2 Å². The molecule has 4 N–H and O–H groups in total. The van der Waals surface area contributed by atoms with E-state index >= 15 is 0 Å². The van der Waals surface area contributed by atoms with E-state index < -0.39 is 0 Å². The van der Waals surface area contributed by atoms with Crippen molar-refractivity contribution in [1.29, 1.82) is 0 Å². The van der Waals surface area contributed by atoms with Gasteiger partial charge in [-0.1, -0.05) is 13.3 Å². The Labute approximate surface area is 165 Å². The number of carbonyl (C=O) groups is 1. The summed E-state index contributed by atoms with van der Waals surface area (Å²) in [5, 5.41) is 6.74. The summed E-state index contributed by atoms with van der Waals surface area (Å²) in [6.07, 6.45) is 4.42. The average molecular weight is 380 g/mol. The molecule has 27 heavy (non-hydrogen) atoms. The van der Waals surface area contributed by atoms with Gasteiger partial charge in [0.1, 0.15) is 13.2 Å². The molecule has 0 aliphatic heterocycles. The Hall–Kier alpha value is -1.63. The number of anilines is 1. The summed E-state index contributed by atoms with van der Waals surface area (Å²) < 4.78 is 6.30. The molecule has 0 heterocycles. The summed E-state index contributed by atoms with van der Waals surface area (Å²) in [6, 6.07) is 7.51. The summed E-state index contributed by atoms with van der Waals surface area (Å²) in [4.78, 5) is 12.2. The van der Waals surface area contributed by atoms with E-state index in [9.17, 15) is 4.79 Å². The molecule has 1 rings (SSSR count). The number of ether oxygens (including phenoxy) is 1. The number of nitrogens with two attached hydrogens (primary N) is 1. The van der Waals surface area contributed by atoms with Gasteiger partial charge in [0.25, 0.3) is 0 Å². The van der Waals surface area contributed by atoms with Gasteiger partial charge in [-0.25, -0.2) is 4.79 Å². The highest BCUT2D eigenvalue weighted by atomic mass is 16.5. The monoisotopic (exact) mass is 379 g/mol. The lowest BCUT2D eigenvalue weighted by Gasteiger charge is -2.29. The van der Waals surface area contributed by atoms with E-state index in [1.165, 1.54) is 0 Å². The van der Waals surface area contributed by atoms with Crippen molar-refractivity contribution in [3.8, 4) is 0 Å². The highest BCUT2D eigenvalue weighted by Gasteiger charge is 2.16. The van der Waals surface area contributed by atoms with Gasteiger partial charge in [-0.3, -0.25) is 0 Å². The van der Waals surface area contributed by atoms with Crippen molar-refractivity contribution in [1.82, 2.24) is 5.32 Å². The molecular weight excluding hydrogens is 340 g/mol. The van der Waals surface area contributed by atoms with Crippen molar-refractivity contribution in [3.05, 3.63) is 29.8 Å². The zero-order valence-corrected chi connectivity index (χ0v) is 17.4. The lowest BCUT2D eigenvalue weighted by Crippen LogP contribution is -2.44. The van der Waals surface area contributed by atoms with Crippen LogP contribution in [0.15, 0.2) is 24.3 Å². The first-order chi connectivity index (χ1) is 13.0. The fraction of sp³-hybridized carbons (Fsp3) is 0.667. The molecule has 1 aromatic rings. The molecule has 0 bridgehead atoms. The minimum Gasteiger partial charge on any atom is -0.456 e. The number of nitrogens with one attached hydrogen (secondary N) is 2. The van der Waals surface area contributed by atoms with Crippen molar-refractivity contribution in [2.45, 2.75) is 32.6 Å². The maximum atomic E-state index is 12.2. The van der Waals surface area contributed by atoms with E-state index in [-0.39, 0.29) is 5.97 Å². The van der Waals surface area contributed by atoms with E-state index in [0.717, 1.165) is 75.1 Å². The second kappa shape index (κ2) is 13.5. The minimum absolute atomic E-state index is 0.251. The molecule has 154 valence electrons. The van der Waals surface area contributed by atoms with Gasteiger partial charge in [-0.15, -0.1) is 0 Å². The minimum atomic E-state index is -0.251. The molecule has 0 aliphatic rings. The highest BCUT2D eigenvalue weighted by molar-refractivity contribution is 5.89. The molecule has 0 unspecified atom stereocenters. The summed E-state index contributed by atoms with van der Waals surface area (Å²) in [5.41, 5.74) is 7.12. The quantitative estimate of drug-likeness (QED) is 0.248. The third kappa shape index (κ3) is 11.0. The van der Waals surface area contributed by atoms with Crippen LogP contribution >= 0.6 is 0 Å². The average Bonchev–Trinajstić information content (AvgIpc) is 2.65. The number of unbranched alkanes of at least 4 members (excludes halogenated alkanes) is 1. The third-order valence-corrected chi connectivity index (χ3v) is 4.58. The van der Waals surface area contributed by atoms with Crippen molar-refractivity contribution in [2.24, 2.45) is 5.73 Å². The first-order valence-electron chi connectivity index (χ1n) is 10.2. The van der Waals surface area contributed by atoms with E-state index in [1.54, 1.807) is 0 Å². The molecule has 0 fully saturated rings. The van der Waals surface area contributed by atoms with E-state index in [2.05, 4.69) is 31.7 Å². The van der Waals surface area contributed by atoms with Gasteiger partial charge in [-0.05, 0) is 50.2 Å². The van der Waals surface area contributed by atoms with Crippen molar-refractivity contribution in [3.63, 3.8) is 0 Å². The number of benzene rings is 1. The van der Waals surface area contributed by atoms with Crippen LogP contribution in [0.4, 0.5) is 5.69 Å². The van der Waals surface area contributed by atoms with E-state index in [1.807, 2.05) is 24.3 Å². The zero-order valence-electron chi connectivity index (χ0n) is 17.4. The van der Waals surface area contributed by atoms with Gasteiger partial charge in [0.05, 0.1) is 26.2 Å². The van der Waals surface area contributed by atoms with Gasteiger partial charge in [-0.2, -0.15) is 0 Å². The summed E-state index contributed by atoms with van der Waals surface area (Å²) in [7, 11) is 4.34. The molecule has 0 aromatic heterocycles. The topological polar surface area (TPSA) is 76.4 Å². The van der Waals surface area contributed by atoms with Crippen molar-refractivity contribution in [2.75, 3.05) is 65.3 Å². The number of rotatable bonds is 15. The summed E-state index contributed by atoms with van der Waals surface area (Å²) in [6.45, 7) is 8.13. The lowest BCUT2D eigenvalue weighted by atomic mass is 10.2. The fourth-order valence-electron chi connectivity index (χ4n) is 2.70. The van der Waals surface area contributed by atoms with Crippen LogP contribution in [0.25, 0.3) is 0 Å². The number of hydrogen-bond acceptors (Lipinski definition) is 5. The molecule has 0 amide bonds. The molecule has 0 aliphatic carbocycles. The van der Waals surface area contributed by atoms with Gasteiger partial charge in [0, 0.05) is 25.2 Å². The number of nitrogens with zero attached hydrogens (tertiary/aromatic N) is 1. The van der Waals surface area contributed by atoms with E-state index in [4.69, 9.17) is 10.5 Å². The zero-order chi connectivity index (χ0) is 20.0. The fourth-order valence-corrected chi connectivity index (χ4v) is 2.70. The standard InChI is InChI=1S/C21H38N4O2/c1-4-5-15-24-20-10-8-19(9-11-20)21(26)27-18-17-25(2,3)16-7-14-23-13-6-12-22/h8-11,23H,4-7,12-18,22H2,1-3H3/p+1. The molecule has 0 spiro atoms. The molecule has 0 atom stereocenters. The molecule has 0 radical (unpaired) electrons. The summed E-state index contributed by atoms with van der Waals surface area (Å²) >= 11 is 0. The van der Waals surface area contributed by atoms with Crippen LogP contribution < -0.4 is 16.4 Å². The SMILES string of the molecule is CCCCNc1ccc(C(=O)OCC[N+](C)(C)CCCNCCCN)cc1. The number of esters is 1. The highest BCUT2D eigenvalue weighted by Crippen LogP contribution is 2.11. The molecule has 0 saturated heterocycles. The van der Waals surface area contributed by atoms with Crippen LogP contribution in [0.3, 0.4) is 0 Å². The predicted octanol–water partition coefficient (Wildman–Crippen LogP) is 2.46. The number of quaternary nitrogens is 1. The van der Waals surface area contributed by atoms with Gasteiger partial charge < -0.3 is 25.6 Å². The first kappa shape index (κ1) is 23.4. The second-order valence-corrected chi connectivity index (χ2v) is 7.62. The van der Waals surface area contributed by atoms with Gasteiger partial charge in [0.15, 0.2) is 0 Å². The van der Waals surface area contributed by atoms with Crippen molar-refractivity contribution >= 4 is 11.7 Å². The molecular formula is C21H39N4O2+. The van der Waals surface area contributed by atoms with Crippen LogP contribution in [0.1, 0.15) is 43.0 Å². The number of carbonyl (C=O) groups excluding carboxylic acids is 1. The second-order valence-electron chi connectivity index (χ2n) is 7.62. The summed E-state index contributed by atoms with van der Waals surface area (Å²) in [5.74, 6) is -0.251. The normalized spacial score (nSPS) is 11.4. The van der Waals surface area contributed by atoms with Crippen LogP contribution in [-0.4, -0.2) is 70.4 Å². The molecule has 6 heteroatoms. The number of likely N-dealkylation sites (N-methyl/N-ethyl adjacent to an activating group) is 1. The third-order valence-electron chi connectivity index (χ3n) is 4.58. The van der Waals surface area contributed by atoms with Gasteiger partial charge >= 0.3 is 5.97 Å². The molecule has 6 nitrogen and oxygen atoms in total. The Morgan fingerprint density at radius 1 is 1.04 bits per heavy atom. The Kier molecular flexibility index (Phi) is 11.7. The molecule has 0 saturated carbocycles.